The molecule has 102 valence electrons. The van der Waals surface area contributed by atoms with Crippen LogP contribution in [0.25, 0.3) is 5.78 Å². The van der Waals surface area contributed by atoms with Crippen LogP contribution in [0.4, 0.5) is 0 Å². The highest BCUT2D eigenvalue weighted by atomic mass is 35.5. The van der Waals surface area contributed by atoms with Gasteiger partial charge in [-0.15, -0.1) is 11.8 Å². The Labute approximate surface area is 122 Å². The molecule has 1 saturated carbocycles. The van der Waals surface area contributed by atoms with Crippen LogP contribution in [0.15, 0.2) is 11.4 Å². The fraction of sp³-hybridized carbons (Fsp3) is 0.615. The molecule has 4 nitrogen and oxygen atoms in total. The van der Waals surface area contributed by atoms with E-state index in [1.54, 1.807) is 0 Å². The SMILES string of the molecule is Cc1c(Cl)nc2ncnn2c1SC1CCCC(C)C1. The molecule has 2 heterocycles. The topological polar surface area (TPSA) is 43.1 Å². The van der Waals surface area contributed by atoms with Crippen molar-refractivity contribution in [1.29, 1.82) is 0 Å². The van der Waals surface area contributed by atoms with Crippen LogP contribution in [0.2, 0.25) is 5.15 Å². The summed E-state index contributed by atoms with van der Waals surface area (Å²) in [6, 6.07) is 0. The molecule has 0 saturated heterocycles. The summed E-state index contributed by atoms with van der Waals surface area (Å²) in [6.45, 7) is 4.34. The van der Waals surface area contributed by atoms with Crippen molar-refractivity contribution >= 4 is 29.1 Å². The zero-order valence-electron chi connectivity index (χ0n) is 11.1. The number of hydrogen-bond acceptors (Lipinski definition) is 4. The minimum absolute atomic E-state index is 0.534. The van der Waals surface area contributed by atoms with Gasteiger partial charge in [0.25, 0.3) is 5.78 Å². The lowest BCUT2D eigenvalue weighted by molar-refractivity contribution is 0.394. The smallest absolute Gasteiger partial charge is 0.199 e. The molecule has 2 aromatic rings. The van der Waals surface area contributed by atoms with Crippen molar-refractivity contribution in [3.8, 4) is 0 Å². The molecule has 1 aliphatic carbocycles. The van der Waals surface area contributed by atoms with Crippen LogP contribution in [-0.2, 0) is 0 Å². The summed E-state index contributed by atoms with van der Waals surface area (Å²) in [6.07, 6.45) is 6.74. The van der Waals surface area contributed by atoms with E-state index in [2.05, 4.69) is 22.0 Å². The Bertz CT molecular complexity index is 598. The number of fused-ring (bicyclic) bond motifs is 1. The molecular weight excluding hydrogens is 280 g/mol. The Hall–Kier alpha value is -0.810. The Morgan fingerprint density at radius 1 is 1.42 bits per heavy atom. The summed E-state index contributed by atoms with van der Waals surface area (Å²) in [5, 5.41) is 6.54. The first kappa shape index (κ1) is 13.2. The predicted molar refractivity (Wildman–Crippen MR) is 77.8 cm³/mol. The van der Waals surface area contributed by atoms with Gasteiger partial charge in [0.1, 0.15) is 16.5 Å². The van der Waals surface area contributed by atoms with Crippen molar-refractivity contribution in [2.24, 2.45) is 5.92 Å². The van der Waals surface area contributed by atoms with Crippen molar-refractivity contribution in [3.63, 3.8) is 0 Å². The molecule has 1 fully saturated rings. The van der Waals surface area contributed by atoms with Crippen LogP contribution in [0, 0.1) is 12.8 Å². The highest BCUT2D eigenvalue weighted by molar-refractivity contribution is 7.99. The van der Waals surface area contributed by atoms with Gasteiger partial charge in [-0.25, -0.2) is 0 Å². The second kappa shape index (κ2) is 5.29. The maximum Gasteiger partial charge on any atom is 0.254 e. The van der Waals surface area contributed by atoms with E-state index in [9.17, 15) is 0 Å². The summed E-state index contributed by atoms with van der Waals surface area (Å²) >= 11 is 8.07. The summed E-state index contributed by atoms with van der Waals surface area (Å²) in [5.74, 6) is 1.40. The fourth-order valence-electron chi connectivity index (χ4n) is 2.66. The van der Waals surface area contributed by atoms with Crippen molar-refractivity contribution in [2.45, 2.75) is 49.8 Å². The first-order valence-electron chi connectivity index (χ1n) is 6.67. The van der Waals surface area contributed by atoms with E-state index < -0.39 is 0 Å². The molecule has 3 rings (SSSR count). The van der Waals surface area contributed by atoms with Gasteiger partial charge < -0.3 is 0 Å². The van der Waals surface area contributed by atoms with Crippen LogP contribution in [-0.4, -0.2) is 24.8 Å². The number of aromatic nitrogens is 4. The van der Waals surface area contributed by atoms with Crippen molar-refractivity contribution in [1.82, 2.24) is 19.6 Å². The van der Waals surface area contributed by atoms with E-state index in [0.29, 0.717) is 16.2 Å². The Kier molecular flexibility index (Phi) is 3.67. The summed E-state index contributed by atoms with van der Waals surface area (Å²) < 4.78 is 1.81. The van der Waals surface area contributed by atoms with E-state index in [1.165, 1.54) is 32.0 Å². The van der Waals surface area contributed by atoms with Gasteiger partial charge in [-0.2, -0.15) is 19.6 Å². The van der Waals surface area contributed by atoms with Gasteiger partial charge in [-0.3, -0.25) is 0 Å². The molecule has 2 unspecified atom stereocenters. The van der Waals surface area contributed by atoms with Gasteiger partial charge in [-0.05, 0) is 25.7 Å². The van der Waals surface area contributed by atoms with Crippen molar-refractivity contribution in [2.75, 3.05) is 0 Å². The average Bonchev–Trinajstić information content (AvgIpc) is 2.83. The van der Waals surface area contributed by atoms with E-state index in [0.717, 1.165) is 16.5 Å². The van der Waals surface area contributed by atoms with Crippen LogP contribution < -0.4 is 0 Å². The third-order valence-corrected chi connectivity index (χ3v) is 5.55. The summed E-state index contributed by atoms with van der Waals surface area (Å²) in [4.78, 5) is 8.38. The highest BCUT2D eigenvalue weighted by Crippen LogP contribution is 2.38. The Balaban J connectivity index is 1.95. The highest BCUT2D eigenvalue weighted by Gasteiger charge is 2.23. The lowest BCUT2D eigenvalue weighted by atomic mass is 9.91. The van der Waals surface area contributed by atoms with Crippen LogP contribution in [0.5, 0.6) is 0 Å². The minimum atomic E-state index is 0.534. The first-order chi connectivity index (χ1) is 9.15. The molecule has 0 aromatic carbocycles. The summed E-state index contributed by atoms with van der Waals surface area (Å²) in [5.41, 5.74) is 1.00. The molecule has 0 aliphatic heterocycles. The van der Waals surface area contributed by atoms with Crippen LogP contribution in [0.1, 0.15) is 38.2 Å². The molecule has 0 bridgehead atoms. The van der Waals surface area contributed by atoms with Crippen LogP contribution in [0.3, 0.4) is 0 Å². The van der Waals surface area contributed by atoms with Gasteiger partial charge >= 0.3 is 0 Å². The van der Waals surface area contributed by atoms with Gasteiger partial charge in [0.2, 0.25) is 0 Å². The van der Waals surface area contributed by atoms with E-state index >= 15 is 0 Å². The quantitative estimate of drug-likeness (QED) is 0.792. The third-order valence-electron chi connectivity index (χ3n) is 3.72. The number of rotatable bonds is 2. The standard InChI is InChI=1S/C13H17ClN4S/c1-8-4-3-5-10(6-8)19-12-9(2)11(14)17-13-15-7-16-18(12)13/h7-8,10H,3-6H2,1-2H3. The maximum atomic E-state index is 6.19. The van der Waals surface area contributed by atoms with Gasteiger partial charge in [0.15, 0.2) is 0 Å². The Morgan fingerprint density at radius 2 is 2.26 bits per heavy atom. The third kappa shape index (κ3) is 2.58. The number of hydrogen-bond donors (Lipinski definition) is 0. The van der Waals surface area contributed by atoms with Crippen LogP contribution >= 0.6 is 23.4 Å². The lowest BCUT2D eigenvalue weighted by Crippen LogP contribution is -2.16. The molecule has 6 heteroatoms. The van der Waals surface area contributed by atoms with Crippen molar-refractivity contribution < 1.29 is 0 Å². The zero-order valence-corrected chi connectivity index (χ0v) is 12.7. The molecule has 1 aliphatic rings. The van der Waals surface area contributed by atoms with Gasteiger partial charge in [-0.1, -0.05) is 31.4 Å². The fourth-order valence-corrected chi connectivity index (χ4v) is 4.40. The minimum Gasteiger partial charge on any atom is -0.199 e. The molecule has 0 spiro atoms. The molecule has 0 amide bonds. The average molecular weight is 297 g/mol. The number of halogens is 1. The lowest BCUT2D eigenvalue weighted by Gasteiger charge is -2.26. The molecule has 0 radical (unpaired) electrons. The zero-order chi connectivity index (χ0) is 13.4. The van der Waals surface area contributed by atoms with Gasteiger partial charge in [0, 0.05) is 10.8 Å². The normalized spacial score (nSPS) is 23.9. The molecule has 19 heavy (non-hydrogen) atoms. The maximum absolute atomic E-state index is 6.19. The second-order valence-electron chi connectivity index (χ2n) is 5.32. The molecule has 0 N–H and O–H groups in total. The largest absolute Gasteiger partial charge is 0.254 e. The van der Waals surface area contributed by atoms with E-state index in [1.807, 2.05) is 23.2 Å². The number of thioether (sulfide) groups is 1. The molecule has 2 aromatic heterocycles. The van der Waals surface area contributed by atoms with Gasteiger partial charge in [0.05, 0.1) is 0 Å². The molecular formula is C13H17ClN4S. The van der Waals surface area contributed by atoms with E-state index in [-0.39, 0.29) is 0 Å². The Morgan fingerprint density at radius 3 is 3.05 bits per heavy atom. The summed E-state index contributed by atoms with van der Waals surface area (Å²) in [7, 11) is 0. The monoisotopic (exact) mass is 296 g/mol. The first-order valence-corrected chi connectivity index (χ1v) is 7.93. The van der Waals surface area contributed by atoms with E-state index in [4.69, 9.17) is 11.6 Å². The predicted octanol–water partition coefficient (Wildman–Crippen LogP) is 3.76. The number of nitrogens with zero attached hydrogens (tertiary/aromatic N) is 4. The van der Waals surface area contributed by atoms with Crippen molar-refractivity contribution in [3.05, 3.63) is 17.0 Å². The molecule has 2 atom stereocenters. The second-order valence-corrected chi connectivity index (χ2v) is 6.96.